The van der Waals surface area contributed by atoms with Gasteiger partial charge in [0.15, 0.2) is 5.69 Å². The lowest BCUT2D eigenvalue weighted by molar-refractivity contribution is -0.142. The molecule has 1 aromatic rings. The molecule has 1 fully saturated rings. The van der Waals surface area contributed by atoms with Gasteiger partial charge in [0.05, 0.1) is 6.04 Å². The van der Waals surface area contributed by atoms with Gasteiger partial charge in [-0.25, -0.2) is 0 Å². The summed E-state index contributed by atoms with van der Waals surface area (Å²) in [6, 6.07) is 0.0866. The van der Waals surface area contributed by atoms with Crippen LogP contribution in [0.25, 0.3) is 0 Å². The van der Waals surface area contributed by atoms with E-state index in [0.717, 1.165) is 25.7 Å². The Morgan fingerprint density at radius 2 is 2.00 bits per heavy atom. The first-order chi connectivity index (χ1) is 8.02. The summed E-state index contributed by atoms with van der Waals surface area (Å²) in [6.07, 6.45) is 0.864. The van der Waals surface area contributed by atoms with Gasteiger partial charge in [-0.05, 0) is 19.3 Å². The molecule has 0 unspecified atom stereocenters. The van der Waals surface area contributed by atoms with E-state index < -0.39 is 11.9 Å². The van der Waals surface area contributed by atoms with E-state index in [0.29, 0.717) is 0 Å². The number of aliphatic hydroxyl groups excluding tert-OH is 1. The summed E-state index contributed by atoms with van der Waals surface area (Å²) in [6.45, 7) is -0.292. The molecule has 0 radical (unpaired) electrons. The topological polar surface area (TPSA) is 38.0 Å². The van der Waals surface area contributed by atoms with Crippen molar-refractivity contribution in [2.24, 2.45) is 0 Å². The molecule has 1 saturated carbocycles. The number of rotatable bonds is 3. The predicted molar refractivity (Wildman–Crippen MR) is 55.5 cm³/mol. The van der Waals surface area contributed by atoms with Gasteiger partial charge in [0.2, 0.25) is 0 Å². The van der Waals surface area contributed by atoms with E-state index >= 15 is 0 Å². The Balaban J connectivity index is 2.29. The molecule has 6 heteroatoms. The molecular weight excluding hydrogens is 233 g/mol. The highest BCUT2D eigenvalue weighted by Gasteiger charge is 2.37. The molecule has 0 aliphatic heterocycles. The molecule has 1 heterocycles. The largest absolute Gasteiger partial charge is 0.435 e. The van der Waals surface area contributed by atoms with Crippen molar-refractivity contribution in [3.05, 3.63) is 17.5 Å². The minimum atomic E-state index is -4.44. The van der Waals surface area contributed by atoms with E-state index in [1.165, 1.54) is 10.9 Å². The molecule has 1 aliphatic rings. The summed E-state index contributed by atoms with van der Waals surface area (Å²) in [5.74, 6) is 0. The van der Waals surface area contributed by atoms with Crippen molar-refractivity contribution < 1.29 is 18.3 Å². The molecule has 1 aliphatic carbocycles. The van der Waals surface area contributed by atoms with Gasteiger partial charge in [0.25, 0.3) is 0 Å². The van der Waals surface area contributed by atoms with Crippen LogP contribution in [0.3, 0.4) is 0 Å². The third-order valence-corrected chi connectivity index (χ3v) is 3.16. The summed E-state index contributed by atoms with van der Waals surface area (Å²) < 4.78 is 39.6. The first kappa shape index (κ1) is 12.4. The summed E-state index contributed by atoms with van der Waals surface area (Å²) >= 11 is 0. The van der Waals surface area contributed by atoms with E-state index in [2.05, 4.69) is 5.10 Å². The number of alkyl halides is 3. The molecule has 17 heavy (non-hydrogen) atoms. The summed E-state index contributed by atoms with van der Waals surface area (Å²) in [7, 11) is 0. The van der Waals surface area contributed by atoms with Gasteiger partial charge < -0.3 is 5.11 Å². The maximum atomic E-state index is 12.7. The SMILES string of the molecule is OCCc1cn(C2CCCC2)nc1C(F)(F)F. The molecule has 1 aromatic heterocycles. The molecule has 0 spiro atoms. The molecule has 96 valence electrons. The van der Waals surface area contributed by atoms with Crippen LogP contribution in [-0.2, 0) is 12.6 Å². The first-order valence-electron chi connectivity index (χ1n) is 5.78. The molecule has 0 saturated heterocycles. The van der Waals surface area contributed by atoms with E-state index in [4.69, 9.17) is 5.11 Å². The maximum absolute atomic E-state index is 12.7. The molecule has 0 bridgehead atoms. The van der Waals surface area contributed by atoms with Crippen LogP contribution in [0.5, 0.6) is 0 Å². The van der Waals surface area contributed by atoms with Crippen molar-refractivity contribution in [3.63, 3.8) is 0 Å². The average molecular weight is 248 g/mol. The number of nitrogens with zero attached hydrogens (tertiary/aromatic N) is 2. The van der Waals surface area contributed by atoms with Crippen molar-refractivity contribution in [1.82, 2.24) is 9.78 Å². The third kappa shape index (κ3) is 2.62. The summed E-state index contributed by atoms with van der Waals surface area (Å²) in [5.41, 5.74) is -0.759. The Hall–Kier alpha value is -1.04. The zero-order chi connectivity index (χ0) is 12.5. The van der Waals surface area contributed by atoms with Crippen LogP contribution >= 0.6 is 0 Å². The van der Waals surface area contributed by atoms with Crippen LogP contribution in [0.1, 0.15) is 43.0 Å². The zero-order valence-corrected chi connectivity index (χ0v) is 9.37. The number of aliphatic hydroxyl groups is 1. The zero-order valence-electron chi connectivity index (χ0n) is 9.37. The number of hydrogen-bond donors (Lipinski definition) is 1. The lowest BCUT2D eigenvalue weighted by Crippen LogP contribution is -2.11. The Morgan fingerprint density at radius 1 is 1.35 bits per heavy atom. The molecule has 2 rings (SSSR count). The Bertz CT molecular complexity index is 381. The second kappa shape index (κ2) is 4.68. The first-order valence-corrected chi connectivity index (χ1v) is 5.78. The van der Waals surface area contributed by atoms with Crippen LogP contribution in [0.15, 0.2) is 6.20 Å². The van der Waals surface area contributed by atoms with Gasteiger partial charge in [-0.15, -0.1) is 0 Å². The van der Waals surface area contributed by atoms with E-state index in [1.807, 2.05) is 0 Å². The van der Waals surface area contributed by atoms with E-state index in [1.54, 1.807) is 0 Å². The molecule has 1 N–H and O–H groups in total. The fraction of sp³-hybridized carbons (Fsp3) is 0.727. The second-order valence-electron chi connectivity index (χ2n) is 4.39. The van der Waals surface area contributed by atoms with E-state index in [9.17, 15) is 13.2 Å². The standard InChI is InChI=1S/C11H15F3N2O/c12-11(13,14)10-8(5-6-17)7-16(15-10)9-3-1-2-4-9/h7,9,17H,1-6H2. The van der Waals surface area contributed by atoms with Crippen molar-refractivity contribution in [1.29, 1.82) is 0 Å². The van der Waals surface area contributed by atoms with Gasteiger partial charge in [0, 0.05) is 18.4 Å². The molecule has 0 amide bonds. The third-order valence-electron chi connectivity index (χ3n) is 3.16. The van der Waals surface area contributed by atoms with Gasteiger partial charge in [-0.2, -0.15) is 18.3 Å². The predicted octanol–water partition coefficient (Wildman–Crippen LogP) is 2.55. The fourth-order valence-electron chi connectivity index (χ4n) is 2.33. The highest BCUT2D eigenvalue weighted by molar-refractivity contribution is 5.20. The van der Waals surface area contributed by atoms with Gasteiger partial charge >= 0.3 is 6.18 Å². The summed E-state index contributed by atoms with van der Waals surface area (Å²) in [5, 5.41) is 12.4. The fourth-order valence-corrected chi connectivity index (χ4v) is 2.33. The quantitative estimate of drug-likeness (QED) is 0.892. The minimum absolute atomic E-state index is 0.00155. The minimum Gasteiger partial charge on any atom is -0.396 e. The monoisotopic (exact) mass is 248 g/mol. The van der Waals surface area contributed by atoms with Crippen molar-refractivity contribution in [2.75, 3.05) is 6.61 Å². The normalized spacial score (nSPS) is 17.9. The van der Waals surface area contributed by atoms with Crippen molar-refractivity contribution >= 4 is 0 Å². The molecule has 0 atom stereocenters. The highest BCUT2D eigenvalue weighted by atomic mass is 19.4. The van der Waals surface area contributed by atoms with Crippen LogP contribution in [0.2, 0.25) is 0 Å². The summed E-state index contributed by atoms with van der Waals surface area (Å²) in [4.78, 5) is 0. The lowest BCUT2D eigenvalue weighted by atomic mass is 10.2. The van der Waals surface area contributed by atoms with Gasteiger partial charge in [0.1, 0.15) is 0 Å². The molecular formula is C11H15F3N2O. The molecule has 0 aromatic carbocycles. The molecule has 3 nitrogen and oxygen atoms in total. The van der Waals surface area contributed by atoms with Gasteiger partial charge in [-0.3, -0.25) is 4.68 Å². The number of halogens is 3. The Morgan fingerprint density at radius 3 is 2.53 bits per heavy atom. The number of aromatic nitrogens is 2. The lowest BCUT2D eigenvalue weighted by Gasteiger charge is -2.09. The van der Waals surface area contributed by atoms with E-state index in [-0.39, 0.29) is 24.6 Å². The average Bonchev–Trinajstić information content (AvgIpc) is 2.82. The smallest absolute Gasteiger partial charge is 0.396 e. The Labute approximate surface area is 97.2 Å². The number of hydrogen-bond acceptors (Lipinski definition) is 2. The Kier molecular flexibility index (Phi) is 3.42. The highest BCUT2D eigenvalue weighted by Crippen LogP contribution is 2.34. The second-order valence-corrected chi connectivity index (χ2v) is 4.39. The van der Waals surface area contributed by atoms with Gasteiger partial charge in [-0.1, -0.05) is 12.8 Å². The maximum Gasteiger partial charge on any atom is 0.435 e. The van der Waals surface area contributed by atoms with Crippen LogP contribution in [0.4, 0.5) is 13.2 Å². The van der Waals surface area contributed by atoms with Crippen molar-refractivity contribution in [3.8, 4) is 0 Å². The van der Waals surface area contributed by atoms with Crippen molar-refractivity contribution in [2.45, 2.75) is 44.3 Å². The van der Waals surface area contributed by atoms with Crippen LogP contribution < -0.4 is 0 Å². The van der Waals surface area contributed by atoms with Crippen LogP contribution in [-0.4, -0.2) is 21.5 Å². The van der Waals surface area contributed by atoms with Crippen LogP contribution in [0, 0.1) is 0 Å².